The highest BCUT2D eigenvalue weighted by Gasteiger charge is 2.26. The molecule has 0 saturated heterocycles. The Kier molecular flexibility index (Phi) is 3.50. The lowest BCUT2D eigenvalue weighted by Crippen LogP contribution is -2.19. The number of nitrogens with one attached hydrogen (secondary N) is 1. The number of hydrogen-bond acceptors (Lipinski definition) is 3. The van der Waals surface area contributed by atoms with Crippen LogP contribution in [-0.4, -0.2) is 5.25 Å². The van der Waals surface area contributed by atoms with Crippen molar-refractivity contribution >= 4 is 28.8 Å². The van der Waals surface area contributed by atoms with Crippen molar-refractivity contribution in [3.8, 4) is 0 Å². The van der Waals surface area contributed by atoms with Gasteiger partial charge in [-0.05, 0) is 35.6 Å². The average molecular weight is 297 g/mol. The van der Waals surface area contributed by atoms with Crippen LogP contribution in [0, 0.1) is 11.6 Å². The summed E-state index contributed by atoms with van der Waals surface area (Å²) in [5.41, 5.74) is 1.89. The first kappa shape index (κ1) is 12.9. The molecule has 0 fully saturated rings. The number of thiophene rings is 1. The molecule has 2 atom stereocenters. The van der Waals surface area contributed by atoms with Crippen molar-refractivity contribution in [1.82, 2.24) is 0 Å². The van der Waals surface area contributed by atoms with Crippen LogP contribution in [0.1, 0.15) is 24.9 Å². The van der Waals surface area contributed by atoms with Crippen molar-refractivity contribution in [3.63, 3.8) is 0 Å². The smallest absolute Gasteiger partial charge is 0.160 e. The molecule has 1 aromatic heterocycles. The molecular weight excluding hydrogens is 284 g/mol. The molecule has 0 amide bonds. The normalized spacial score (nSPS) is 22.1. The number of halogens is 2. The highest BCUT2D eigenvalue weighted by molar-refractivity contribution is 8.01. The van der Waals surface area contributed by atoms with Gasteiger partial charge in [-0.25, -0.2) is 8.78 Å². The van der Waals surface area contributed by atoms with Crippen LogP contribution in [0.5, 0.6) is 0 Å². The van der Waals surface area contributed by atoms with Gasteiger partial charge in [-0.2, -0.15) is 0 Å². The van der Waals surface area contributed by atoms with Gasteiger partial charge in [0.05, 0.1) is 10.3 Å². The molecule has 19 heavy (non-hydrogen) atoms. The van der Waals surface area contributed by atoms with Crippen LogP contribution in [0.2, 0.25) is 0 Å². The third kappa shape index (κ3) is 2.62. The SMILES string of the molecule is C[C@H]1CC(Nc2ccc(F)c(F)c2)c2ccsc2S1. The van der Waals surface area contributed by atoms with Crippen LogP contribution in [0.3, 0.4) is 0 Å². The van der Waals surface area contributed by atoms with Crippen LogP contribution >= 0.6 is 23.1 Å². The molecule has 1 aromatic carbocycles. The molecule has 0 aliphatic carbocycles. The van der Waals surface area contributed by atoms with Gasteiger partial charge in [-0.1, -0.05) is 6.92 Å². The maximum Gasteiger partial charge on any atom is 0.160 e. The molecule has 1 nitrogen and oxygen atoms in total. The van der Waals surface area contributed by atoms with E-state index in [2.05, 4.69) is 23.7 Å². The average Bonchev–Trinajstić information content (AvgIpc) is 2.82. The topological polar surface area (TPSA) is 12.0 Å². The summed E-state index contributed by atoms with van der Waals surface area (Å²) in [5.74, 6) is -1.62. The number of hydrogen-bond donors (Lipinski definition) is 1. The first-order chi connectivity index (χ1) is 9.13. The largest absolute Gasteiger partial charge is 0.378 e. The first-order valence-corrected chi connectivity index (χ1v) is 7.85. The lowest BCUT2D eigenvalue weighted by atomic mass is 10.0. The van der Waals surface area contributed by atoms with E-state index in [1.54, 1.807) is 17.4 Å². The van der Waals surface area contributed by atoms with Crippen LogP contribution in [0.15, 0.2) is 33.9 Å². The third-order valence-electron chi connectivity index (χ3n) is 3.17. The summed E-state index contributed by atoms with van der Waals surface area (Å²) in [6, 6.07) is 6.23. The van der Waals surface area contributed by atoms with Gasteiger partial charge in [0.2, 0.25) is 0 Å². The molecular formula is C14H13F2NS2. The third-order valence-corrected chi connectivity index (χ3v) is 5.51. The van der Waals surface area contributed by atoms with E-state index in [1.807, 2.05) is 11.8 Å². The van der Waals surface area contributed by atoms with Gasteiger partial charge >= 0.3 is 0 Å². The van der Waals surface area contributed by atoms with Crippen molar-refractivity contribution < 1.29 is 8.78 Å². The van der Waals surface area contributed by atoms with Crippen LogP contribution in [0.25, 0.3) is 0 Å². The van der Waals surface area contributed by atoms with E-state index in [1.165, 1.54) is 15.8 Å². The van der Waals surface area contributed by atoms with Gasteiger partial charge in [-0.3, -0.25) is 0 Å². The highest BCUT2D eigenvalue weighted by Crippen LogP contribution is 2.44. The zero-order valence-corrected chi connectivity index (χ0v) is 12.0. The maximum absolute atomic E-state index is 13.2. The second-order valence-corrected chi connectivity index (χ2v) is 7.28. The Labute approximate surface area is 119 Å². The Morgan fingerprint density at radius 1 is 1.21 bits per heavy atom. The lowest BCUT2D eigenvalue weighted by molar-refractivity contribution is 0.508. The van der Waals surface area contributed by atoms with E-state index in [9.17, 15) is 8.78 Å². The molecule has 0 saturated carbocycles. The summed E-state index contributed by atoms with van der Waals surface area (Å²) in [4.78, 5) is 0. The van der Waals surface area contributed by atoms with E-state index in [4.69, 9.17) is 0 Å². The summed E-state index contributed by atoms with van der Waals surface area (Å²) in [6.45, 7) is 2.19. The van der Waals surface area contributed by atoms with Crippen molar-refractivity contribution in [3.05, 3.63) is 46.8 Å². The van der Waals surface area contributed by atoms with Gasteiger partial charge in [0.25, 0.3) is 0 Å². The molecule has 5 heteroatoms. The van der Waals surface area contributed by atoms with Crippen LogP contribution < -0.4 is 5.32 Å². The lowest BCUT2D eigenvalue weighted by Gasteiger charge is -2.28. The van der Waals surface area contributed by atoms with Gasteiger partial charge in [0.15, 0.2) is 11.6 Å². The van der Waals surface area contributed by atoms with Crippen molar-refractivity contribution in [2.75, 3.05) is 5.32 Å². The number of anilines is 1. The van der Waals surface area contributed by atoms with Crippen molar-refractivity contribution in [2.24, 2.45) is 0 Å². The number of rotatable bonds is 2. The Morgan fingerprint density at radius 2 is 2.05 bits per heavy atom. The fourth-order valence-corrected chi connectivity index (χ4v) is 4.84. The number of fused-ring (bicyclic) bond motifs is 1. The monoisotopic (exact) mass is 297 g/mol. The Balaban J connectivity index is 1.86. The Morgan fingerprint density at radius 3 is 2.84 bits per heavy atom. The second-order valence-electron chi connectivity index (χ2n) is 4.65. The summed E-state index contributed by atoms with van der Waals surface area (Å²) in [5, 5.41) is 5.91. The predicted molar refractivity (Wildman–Crippen MR) is 77.0 cm³/mol. The minimum atomic E-state index is -0.811. The molecule has 0 bridgehead atoms. The van der Waals surface area contributed by atoms with Crippen molar-refractivity contribution in [2.45, 2.75) is 28.8 Å². The molecule has 0 spiro atoms. The minimum Gasteiger partial charge on any atom is -0.378 e. The van der Waals surface area contributed by atoms with E-state index in [0.717, 1.165) is 12.5 Å². The molecule has 3 rings (SSSR count). The minimum absolute atomic E-state index is 0.169. The zero-order valence-electron chi connectivity index (χ0n) is 10.3. The predicted octanol–water partition coefficient (Wildman–Crippen LogP) is 5.06. The molecule has 1 aliphatic rings. The quantitative estimate of drug-likeness (QED) is 0.831. The number of benzene rings is 1. The van der Waals surface area contributed by atoms with Gasteiger partial charge in [0, 0.05) is 17.0 Å². The molecule has 1 N–H and O–H groups in total. The fourth-order valence-electron chi connectivity index (χ4n) is 2.27. The van der Waals surface area contributed by atoms with Crippen molar-refractivity contribution in [1.29, 1.82) is 0 Å². The second kappa shape index (κ2) is 5.13. The van der Waals surface area contributed by atoms with E-state index < -0.39 is 11.6 Å². The molecule has 2 aromatic rings. The van der Waals surface area contributed by atoms with Gasteiger partial charge in [0.1, 0.15) is 0 Å². The maximum atomic E-state index is 13.2. The first-order valence-electron chi connectivity index (χ1n) is 6.09. The number of thioether (sulfide) groups is 1. The van der Waals surface area contributed by atoms with E-state index in [0.29, 0.717) is 10.9 Å². The Hall–Kier alpha value is -1.07. The van der Waals surface area contributed by atoms with E-state index in [-0.39, 0.29) is 6.04 Å². The summed E-state index contributed by atoms with van der Waals surface area (Å²) >= 11 is 3.62. The highest BCUT2D eigenvalue weighted by atomic mass is 32.2. The van der Waals surface area contributed by atoms with E-state index >= 15 is 0 Å². The zero-order chi connectivity index (χ0) is 13.4. The Bertz CT molecular complexity index is 597. The summed E-state index contributed by atoms with van der Waals surface area (Å²) < 4.78 is 27.5. The standard InChI is InChI=1S/C14H13F2NS2/c1-8-6-13(10-4-5-18-14(10)19-8)17-9-2-3-11(15)12(16)7-9/h2-5,7-8,13,17H,6H2,1H3/t8-,13?/m0/s1. The summed E-state index contributed by atoms with van der Waals surface area (Å²) in [6.07, 6.45) is 0.980. The summed E-state index contributed by atoms with van der Waals surface area (Å²) in [7, 11) is 0. The van der Waals surface area contributed by atoms with Gasteiger partial charge < -0.3 is 5.32 Å². The molecule has 100 valence electrons. The molecule has 1 aliphatic heterocycles. The van der Waals surface area contributed by atoms with Crippen LogP contribution in [-0.2, 0) is 0 Å². The van der Waals surface area contributed by atoms with Gasteiger partial charge in [-0.15, -0.1) is 23.1 Å². The van der Waals surface area contributed by atoms with Crippen LogP contribution in [0.4, 0.5) is 14.5 Å². The molecule has 2 heterocycles. The fraction of sp³-hybridized carbons (Fsp3) is 0.286. The molecule has 0 radical (unpaired) electrons. The molecule has 1 unspecified atom stereocenters.